The van der Waals surface area contributed by atoms with Gasteiger partial charge in [-0.3, -0.25) is 4.72 Å². The van der Waals surface area contributed by atoms with E-state index in [1.54, 1.807) is 24.4 Å². The Morgan fingerprint density at radius 1 is 1.08 bits per heavy atom. The zero-order chi connectivity index (χ0) is 18.6. The number of aryl methyl sites for hydroxylation is 1. The summed E-state index contributed by atoms with van der Waals surface area (Å²) in [4.78, 5) is 7.52. The fourth-order valence-electron chi connectivity index (χ4n) is 2.55. The van der Waals surface area contributed by atoms with Crippen molar-refractivity contribution in [2.45, 2.75) is 24.6 Å². The Hall–Kier alpha value is -2.38. The van der Waals surface area contributed by atoms with Crippen LogP contribution in [0.1, 0.15) is 17.4 Å². The second-order valence-corrected chi connectivity index (χ2v) is 9.07. The summed E-state index contributed by atoms with van der Waals surface area (Å²) >= 11 is 1.25. The molecular formula is C19H21N3O2S2. The summed E-state index contributed by atoms with van der Waals surface area (Å²) < 4.78 is 27.7. The van der Waals surface area contributed by atoms with Crippen molar-refractivity contribution in [1.82, 2.24) is 4.98 Å². The Morgan fingerprint density at radius 3 is 2.42 bits per heavy atom. The molecule has 0 aliphatic heterocycles. The van der Waals surface area contributed by atoms with Crippen molar-refractivity contribution >= 4 is 32.9 Å². The van der Waals surface area contributed by atoms with Gasteiger partial charge in [0.1, 0.15) is 10.0 Å². The Labute approximate surface area is 158 Å². The molecule has 7 heteroatoms. The normalized spacial score (nSPS) is 11.3. The number of benzene rings is 1. The molecule has 0 saturated carbocycles. The Balaban J connectivity index is 1.73. The predicted octanol–water partition coefficient (Wildman–Crippen LogP) is 4.28. The molecule has 0 unspecified atom stereocenters. The monoisotopic (exact) mass is 387 g/mol. The van der Waals surface area contributed by atoms with Crippen LogP contribution in [-0.4, -0.2) is 19.9 Å². The molecule has 26 heavy (non-hydrogen) atoms. The second kappa shape index (κ2) is 7.88. The lowest BCUT2D eigenvalue weighted by atomic mass is 10.2. The molecule has 0 fully saturated rings. The molecule has 3 rings (SSSR count). The average Bonchev–Trinajstić information content (AvgIpc) is 3.08. The summed E-state index contributed by atoms with van der Waals surface area (Å²) in [7, 11) is -3.56. The highest BCUT2D eigenvalue weighted by molar-refractivity contribution is 7.94. The van der Waals surface area contributed by atoms with Crippen LogP contribution in [0.5, 0.6) is 0 Å². The molecule has 5 nitrogen and oxygen atoms in total. The maximum absolute atomic E-state index is 12.4. The maximum atomic E-state index is 12.4. The first-order valence-corrected chi connectivity index (χ1v) is 10.6. The minimum atomic E-state index is -3.56. The van der Waals surface area contributed by atoms with Crippen molar-refractivity contribution in [3.63, 3.8) is 0 Å². The van der Waals surface area contributed by atoms with Crippen LogP contribution in [0.3, 0.4) is 0 Å². The van der Waals surface area contributed by atoms with Gasteiger partial charge in [0, 0.05) is 18.0 Å². The van der Waals surface area contributed by atoms with E-state index in [9.17, 15) is 8.42 Å². The first kappa shape index (κ1) is 18.4. The van der Waals surface area contributed by atoms with E-state index in [0.29, 0.717) is 9.90 Å². The molecule has 0 aliphatic carbocycles. The van der Waals surface area contributed by atoms with E-state index < -0.39 is 10.0 Å². The quantitative estimate of drug-likeness (QED) is 0.657. The van der Waals surface area contributed by atoms with E-state index in [-0.39, 0.29) is 0 Å². The van der Waals surface area contributed by atoms with E-state index in [0.717, 1.165) is 23.8 Å². The number of nitrogens with one attached hydrogen (secondary N) is 1. The molecule has 3 aromatic rings. The molecule has 0 atom stereocenters. The first-order chi connectivity index (χ1) is 12.5. The number of thiophene rings is 1. The third kappa shape index (κ3) is 4.42. The molecule has 0 saturated heterocycles. The van der Waals surface area contributed by atoms with Crippen LogP contribution in [0.4, 0.5) is 11.5 Å². The van der Waals surface area contributed by atoms with Crippen LogP contribution in [0.2, 0.25) is 0 Å². The highest BCUT2D eigenvalue weighted by Gasteiger charge is 2.16. The minimum absolute atomic E-state index is 0.304. The topological polar surface area (TPSA) is 62.3 Å². The van der Waals surface area contributed by atoms with Gasteiger partial charge in [-0.1, -0.05) is 30.3 Å². The molecule has 1 N–H and O–H groups in total. The standard InChI is InChI=1S/C19H21N3O2S2/c1-3-22(14-16-7-5-4-6-8-16)18-11-10-17(13-20-18)21-26(23,24)19-12-9-15(2)25-19/h4-13,21H,3,14H2,1-2H3. The number of aromatic nitrogens is 1. The van der Waals surface area contributed by atoms with Crippen molar-refractivity contribution in [2.24, 2.45) is 0 Å². The van der Waals surface area contributed by atoms with E-state index in [2.05, 4.69) is 33.7 Å². The van der Waals surface area contributed by atoms with Crippen LogP contribution in [0.15, 0.2) is 65.0 Å². The number of sulfonamides is 1. The van der Waals surface area contributed by atoms with Crippen LogP contribution >= 0.6 is 11.3 Å². The summed E-state index contributed by atoms with van der Waals surface area (Å²) in [5, 5.41) is 0. The highest BCUT2D eigenvalue weighted by Crippen LogP contribution is 2.24. The second-order valence-electron chi connectivity index (χ2n) is 5.88. The predicted molar refractivity (Wildman–Crippen MR) is 107 cm³/mol. The lowest BCUT2D eigenvalue weighted by molar-refractivity contribution is 0.603. The van der Waals surface area contributed by atoms with Crippen molar-refractivity contribution in [2.75, 3.05) is 16.2 Å². The van der Waals surface area contributed by atoms with Gasteiger partial charge in [-0.2, -0.15) is 0 Å². The maximum Gasteiger partial charge on any atom is 0.271 e. The van der Waals surface area contributed by atoms with E-state index in [1.807, 2.05) is 31.2 Å². The summed E-state index contributed by atoms with van der Waals surface area (Å²) in [5.41, 5.74) is 1.66. The molecule has 0 radical (unpaired) electrons. The molecule has 2 heterocycles. The zero-order valence-corrected chi connectivity index (χ0v) is 16.3. The van der Waals surface area contributed by atoms with Gasteiger partial charge in [0.25, 0.3) is 10.0 Å². The number of hydrogen-bond acceptors (Lipinski definition) is 5. The molecule has 0 aliphatic rings. The van der Waals surface area contributed by atoms with Crippen molar-refractivity contribution in [1.29, 1.82) is 0 Å². The summed E-state index contributed by atoms with van der Waals surface area (Å²) in [6.07, 6.45) is 1.56. The number of hydrogen-bond donors (Lipinski definition) is 1. The average molecular weight is 388 g/mol. The van der Waals surface area contributed by atoms with Crippen molar-refractivity contribution in [3.8, 4) is 0 Å². The zero-order valence-electron chi connectivity index (χ0n) is 14.7. The van der Waals surface area contributed by atoms with Gasteiger partial charge in [0.15, 0.2) is 0 Å². The van der Waals surface area contributed by atoms with Gasteiger partial charge in [-0.25, -0.2) is 13.4 Å². The number of anilines is 2. The Morgan fingerprint density at radius 2 is 1.85 bits per heavy atom. The smallest absolute Gasteiger partial charge is 0.271 e. The molecule has 0 bridgehead atoms. The number of nitrogens with zero attached hydrogens (tertiary/aromatic N) is 2. The molecule has 136 valence electrons. The van der Waals surface area contributed by atoms with Gasteiger partial charge >= 0.3 is 0 Å². The van der Waals surface area contributed by atoms with Crippen LogP contribution in [0, 0.1) is 6.92 Å². The highest BCUT2D eigenvalue weighted by atomic mass is 32.2. The molecule has 1 aromatic carbocycles. The fraction of sp³-hybridized carbons (Fsp3) is 0.211. The number of rotatable bonds is 7. The fourth-order valence-corrected chi connectivity index (χ4v) is 4.88. The Bertz CT molecular complexity index is 952. The van der Waals surface area contributed by atoms with Crippen molar-refractivity contribution < 1.29 is 8.42 Å². The van der Waals surface area contributed by atoms with Crippen LogP contribution < -0.4 is 9.62 Å². The van der Waals surface area contributed by atoms with Crippen LogP contribution in [-0.2, 0) is 16.6 Å². The molecular weight excluding hydrogens is 366 g/mol. The third-order valence-corrected chi connectivity index (χ3v) is 6.78. The molecule has 0 amide bonds. The van der Waals surface area contributed by atoms with Gasteiger partial charge in [-0.05, 0) is 43.7 Å². The summed E-state index contributed by atoms with van der Waals surface area (Å²) in [6, 6.07) is 17.2. The van der Waals surface area contributed by atoms with Gasteiger partial charge in [-0.15, -0.1) is 11.3 Å². The minimum Gasteiger partial charge on any atom is -0.353 e. The van der Waals surface area contributed by atoms with Gasteiger partial charge < -0.3 is 4.90 Å². The van der Waals surface area contributed by atoms with Crippen molar-refractivity contribution in [3.05, 3.63) is 71.2 Å². The lowest BCUT2D eigenvalue weighted by Crippen LogP contribution is -2.23. The number of pyridine rings is 1. The van der Waals surface area contributed by atoms with Gasteiger partial charge in [0.05, 0.1) is 11.9 Å². The van der Waals surface area contributed by atoms with Crippen LogP contribution in [0.25, 0.3) is 0 Å². The summed E-state index contributed by atoms with van der Waals surface area (Å²) in [5.74, 6) is 0.811. The Kier molecular flexibility index (Phi) is 5.58. The van der Waals surface area contributed by atoms with E-state index >= 15 is 0 Å². The molecule has 2 aromatic heterocycles. The van der Waals surface area contributed by atoms with Gasteiger partial charge in [0.2, 0.25) is 0 Å². The van der Waals surface area contributed by atoms with E-state index in [4.69, 9.17) is 0 Å². The first-order valence-electron chi connectivity index (χ1n) is 8.32. The third-order valence-electron chi connectivity index (χ3n) is 3.90. The largest absolute Gasteiger partial charge is 0.353 e. The van der Waals surface area contributed by atoms with E-state index in [1.165, 1.54) is 16.9 Å². The molecule has 0 spiro atoms. The SMILES string of the molecule is CCN(Cc1ccccc1)c1ccc(NS(=O)(=O)c2ccc(C)s2)cn1. The summed E-state index contributed by atoms with van der Waals surface area (Å²) in [6.45, 7) is 5.51. The lowest BCUT2D eigenvalue weighted by Gasteiger charge is -2.22.